The van der Waals surface area contributed by atoms with Crippen LogP contribution in [0.5, 0.6) is 5.75 Å². The molecule has 0 aliphatic carbocycles. The predicted molar refractivity (Wildman–Crippen MR) is 105 cm³/mol. The highest BCUT2D eigenvalue weighted by Crippen LogP contribution is 2.32. The van der Waals surface area contributed by atoms with Crippen molar-refractivity contribution >= 4 is 29.0 Å². The number of benzene rings is 2. The molecule has 0 radical (unpaired) electrons. The summed E-state index contributed by atoms with van der Waals surface area (Å²) in [5.74, 6) is 0.473. The van der Waals surface area contributed by atoms with E-state index in [1.54, 1.807) is 6.08 Å². The van der Waals surface area contributed by atoms with Gasteiger partial charge in [0.2, 0.25) is 0 Å². The standard InChI is InChI=1S/C21H21NO3S/c1-3-16-6-8-17(9-7-16)14-19-20(23)22(21(24)26-19)12-13-25-18-10-4-15(2)5-11-18/h4-11,14H,3,12-13H2,1-2H3/b19-14+. The highest BCUT2D eigenvalue weighted by atomic mass is 32.2. The molecule has 0 spiro atoms. The SMILES string of the molecule is CCc1ccc(/C=C2/SC(=O)N(CCOc3ccc(C)cc3)C2=O)cc1. The fourth-order valence-electron chi connectivity index (χ4n) is 2.58. The maximum absolute atomic E-state index is 12.5. The van der Waals surface area contributed by atoms with Gasteiger partial charge < -0.3 is 4.74 Å². The molecular weight excluding hydrogens is 346 g/mol. The van der Waals surface area contributed by atoms with Crippen molar-refractivity contribution in [3.8, 4) is 5.75 Å². The monoisotopic (exact) mass is 367 g/mol. The summed E-state index contributed by atoms with van der Waals surface area (Å²) < 4.78 is 5.62. The summed E-state index contributed by atoms with van der Waals surface area (Å²) in [4.78, 5) is 26.3. The summed E-state index contributed by atoms with van der Waals surface area (Å²) in [6.07, 6.45) is 2.74. The zero-order valence-corrected chi connectivity index (χ0v) is 15.7. The summed E-state index contributed by atoms with van der Waals surface area (Å²) in [7, 11) is 0. The maximum Gasteiger partial charge on any atom is 0.293 e. The van der Waals surface area contributed by atoms with Crippen LogP contribution in [0.1, 0.15) is 23.6 Å². The number of carbonyl (C=O) groups is 2. The van der Waals surface area contributed by atoms with Crippen LogP contribution in [0.15, 0.2) is 53.4 Å². The molecule has 1 aliphatic heterocycles. The second kappa shape index (κ2) is 8.23. The summed E-state index contributed by atoms with van der Waals surface area (Å²) in [5, 5.41) is -0.251. The zero-order valence-electron chi connectivity index (χ0n) is 14.9. The number of imide groups is 1. The minimum Gasteiger partial charge on any atom is -0.492 e. The van der Waals surface area contributed by atoms with Crippen LogP contribution in [-0.4, -0.2) is 29.2 Å². The van der Waals surface area contributed by atoms with E-state index >= 15 is 0 Å². The molecule has 0 atom stereocenters. The van der Waals surface area contributed by atoms with Crippen LogP contribution >= 0.6 is 11.8 Å². The summed E-state index contributed by atoms with van der Waals surface area (Å²) in [6, 6.07) is 15.7. The first kappa shape index (κ1) is 18.3. The molecule has 1 fully saturated rings. The normalized spacial score (nSPS) is 15.8. The van der Waals surface area contributed by atoms with Crippen molar-refractivity contribution in [1.82, 2.24) is 4.90 Å². The Kier molecular flexibility index (Phi) is 5.78. The fraction of sp³-hybridized carbons (Fsp3) is 0.238. The fourth-order valence-corrected chi connectivity index (χ4v) is 3.45. The van der Waals surface area contributed by atoms with Crippen molar-refractivity contribution in [1.29, 1.82) is 0 Å². The molecule has 0 N–H and O–H groups in total. The van der Waals surface area contributed by atoms with Gasteiger partial charge >= 0.3 is 0 Å². The van der Waals surface area contributed by atoms with E-state index in [-0.39, 0.29) is 24.3 Å². The van der Waals surface area contributed by atoms with Gasteiger partial charge in [0, 0.05) is 0 Å². The van der Waals surface area contributed by atoms with Gasteiger partial charge in [-0.3, -0.25) is 14.5 Å². The Morgan fingerprint density at radius 2 is 1.73 bits per heavy atom. The molecule has 2 aromatic rings. The Hall–Kier alpha value is -2.53. The van der Waals surface area contributed by atoms with Crippen LogP contribution < -0.4 is 4.74 Å². The molecule has 1 saturated heterocycles. The van der Waals surface area contributed by atoms with Crippen molar-refractivity contribution in [2.24, 2.45) is 0 Å². The van der Waals surface area contributed by atoms with Crippen LogP contribution in [-0.2, 0) is 11.2 Å². The minimum absolute atomic E-state index is 0.241. The molecule has 2 amide bonds. The number of aryl methyl sites for hydroxylation is 2. The van der Waals surface area contributed by atoms with Crippen molar-refractivity contribution in [2.75, 3.05) is 13.2 Å². The van der Waals surface area contributed by atoms with Crippen molar-refractivity contribution in [3.63, 3.8) is 0 Å². The third-order valence-corrected chi connectivity index (χ3v) is 5.07. The Morgan fingerprint density at radius 3 is 2.38 bits per heavy atom. The second-order valence-corrected chi connectivity index (χ2v) is 7.08. The maximum atomic E-state index is 12.5. The molecule has 26 heavy (non-hydrogen) atoms. The van der Waals surface area contributed by atoms with Gasteiger partial charge in [0.15, 0.2) is 0 Å². The first-order chi connectivity index (χ1) is 12.6. The first-order valence-corrected chi connectivity index (χ1v) is 9.42. The number of ether oxygens (including phenoxy) is 1. The highest BCUT2D eigenvalue weighted by Gasteiger charge is 2.34. The Labute approximate surface area is 157 Å². The van der Waals surface area contributed by atoms with E-state index in [1.165, 1.54) is 10.5 Å². The number of thioether (sulfide) groups is 1. The lowest BCUT2D eigenvalue weighted by Crippen LogP contribution is -2.32. The number of carbonyl (C=O) groups excluding carboxylic acids is 2. The van der Waals surface area contributed by atoms with Crippen LogP contribution in [0.2, 0.25) is 0 Å². The van der Waals surface area contributed by atoms with Crippen molar-refractivity contribution < 1.29 is 14.3 Å². The van der Waals surface area contributed by atoms with E-state index < -0.39 is 0 Å². The summed E-state index contributed by atoms with van der Waals surface area (Å²) in [5.41, 5.74) is 3.31. The zero-order chi connectivity index (χ0) is 18.5. The first-order valence-electron chi connectivity index (χ1n) is 8.60. The highest BCUT2D eigenvalue weighted by molar-refractivity contribution is 8.18. The largest absolute Gasteiger partial charge is 0.492 e. The van der Waals surface area contributed by atoms with Gasteiger partial charge in [0.25, 0.3) is 11.1 Å². The number of hydrogen-bond acceptors (Lipinski definition) is 4. The molecular formula is C21H21NO3S. The predicted octanol–water partition coefficient (Wildman–Crippen LogP) is 4.67. The molecule has 5 heteroatoms. The lowest BCUT2D eigenvalue weighted by Gasteiger charge is -2.13. The minimum atomic E-state index is -0.257. The lowest BCUT2D eigenvalue weighted by atomic mass is 10.1. The van der Waals surface area contributed by atoms with Gasteiger partial charge in [-0.25, -0.2) is 0 Å². The van der Waals surface area contributed by atoms with Crippen molar-refractivity contribution in [3.05, 3.63) is 70.1 Å². The van der Waals surface area contributed by atoms with E-state index in [4.69, 9.17) is 4.74 Å². The molecule has 0 saturated carbocycles. The molecule has 1 heterocycles. The van der Waals surface area contributed by atoms with Gasteiger partial charge in [-0.1, -0.05) is 48.9 Å². The van der Waals surface area contributed by atoms with Crippen molar-refractivity contribution in [2.45, 2.75) is 20.3 Å². The Morgan fingerprint density at radius 1 is 1.04 bits per heavy atom. The van der Waals surface area contributed by atoms with E-state index in [0.717, 1.165) is 35.1 Å². The number of amides is 2. The van der Waals surface area contributed by atoms with Crippen LogP contribution in [0.25, 0.3) is 6.08 Å². The number of nitrogens with zero attached hydrogens (tertiary/aromatic N) is 1. The molecule has 3 rings (SSSR count). The molecule has 2 aromatic carbocycles. The van der Waals surface area contributed by atoms with Crippen LogP contribution in [0.4, 0.5) is 4.79 Å². The summed E-state index contributed by atoms with van der Waals surface area (Å²) in [6.45, 7) is 4.62. The quantitative estimate of drug-likeness (QED) is 0.696. The summed E-state index contributed by atoms with van der Waals surface area (Å²) >= 11 is 0.978. The van der Waals surface area contributed by atoms with Gasteiger partial charge in [-0.05, 0) is 54.4 Å². The van der Waals surface area contributed by atoms with Gasteiger partial charge in [0.1, 0.15) is 12.4 Å². The third kappa shape index (κ3) is 4.35. The van der Waals surface area contributed by atoms with Crippen LogP contribution in [0, 0.1) is 6.92 Å². The lowest BCUT2D eigenvalue weighted by molar-refractivity contribution is -0.123. The van der Waals surface area contributed by atoms with Crippen LogP contribution in [0.3, 0.4) is 0 Å². The van der Waals surface area contributed by atoms with E-state index in [9.17, 15) is 9.59 Å². The Bertz CT molecular complexity index is 825. The topological polar surface area (TPSA) is 46.6 Å². The smallest absolute Gasteiger partial charge is 0.293 e. The molecule has 0 unspecified atom stereocenters. The second-order valence-electron chi connectivity index (χ2n) is 6.09. The molecule has 134 valence electrons. The average molecular weight is 367 g/mol. The number of rotatable bonds is 6. The molecule has 0 aromatic heterocycles. The molecule has 1 aliphatic rings. The van der Waals surface area contributed by atoms with Gasteiger partial charge in [0.05, 0.1) is 11.4 Å². The third-order valence-electron chi connectivity index (χ3n) is 4.16. The average Bonchev–Trinajstić information content (AvgIpc) is 2.91. The van der Waals surface area contributed by atoms with E-state index in [2.05, 4.69) is 6.92 Å². The van der Waals surface area contributed by atoms with Gasteiger partial charge in [-0.15, -0.1) is 0 Å². The number of hydrogen-bond donors (Lipinski definition) is 0. The Balaban J connectivity index is 1.60. The molecule has 0 bridgehead atoms. The van der Waals surface area contributed by atoms with E-state index in [1.807, 2.05) is 55.5 Å². The molecule has 4 nitrogen and oxygen atoms in total. The van der Waals surface area contributed by atoms with E-state index in [0.29, 0.717) is 4.91 Å². The van der Waals surface area contributed by atoms with Gasteiger partial charge in [-0.2, -0.15) is 0 Å².